The fraction of sp³-hybridized carbons (Fsp3) is 0.733. The summed E-state index contributed by atoms with van der Waals surface area (Å²) in [5, 5.41) is 0. The van der Waals surface area contributed by atoms with Crippen molar-refractivity contribution < 1.29 is 14.3 Å². The van der Waals surface area contributed by atoms with Gasteiger partial charge in [-0.25, -0.2) is 4.79 Å². The summed E-state index contributed by atoms with van der Waals surface area (Å²) >= 11 is 0. The minimum atomic E-state index is -0.497. The third-order valence-electron chi connectivity index (χ3n) is 3.74. The largest absolute Gasteiger partial charge is 0.444 e. The smallest absolute Gasteiger partial charge is 0.411 e. The van der Waals surface area contributed by atoms with Gasteiger partial charge in [-0.2, -0.15) is 0 Å². The number of carbonyl (C=O) groups is 2. The van der Waals surface area contributed by atoms with Gasteiger partial charge in [-0.3, -0.25) is 9.69 Å². The molecule has 19 heavy (non-hydrogen) atoms. The average Bonchev–Trinajstić information content (AvgIpc) is 2.51. The van der Waals surface area contributed by atoms with Crippen molar-refractivity contribution in [2.24, 2.45) is 0 Å². The van der Waals surface area contributed by atoms with Crippen LogP contribution in [0.1, 0.15) is 53.4 Å². The van der Waals surface area contributed by atoms with Gasteiger partial charge in [0.05, 0.1) is 6.04 Å². The first kappa shape index (κ1) is 14.1. The first-order valence-corrected chi connectivity index (χ1v) is 7.02. The van der Waals surface area contributed by atoms with E-state index < -0.39 is 5.60 Å². The average molecular weight is 265 g/mol. The Morgan fingerprint density at radius 1 is 1.26 bits per heavy atom. The lowest BCUT2D eigenvalue weighted by Gasteiger charge is -2.31. The first-order valence-electron chi connectivity index (χ1n) is 7.02. The fourth-order valence-electron chi connectivity index (χ4n) is 3.01. The van der Waals surface area contributed by atoms with Crippen molar-refractivity contribution in [1.29, 1.82) is 0 Å². The molecule has 1 fully saturated rings. The highest BCUT2D eigenvalue weighted by Crippen LogP contribution is 2.36. The summed E-state index contributed by atoms with van der Waals surface area (Å²) in [6.45, 7) is 7.18. The van der Waals surface area contributed by atoms with Crippen molar-refractivity contribution in [2.45, 2.75) is 71.1 Å². The van der Waals surface area contributed by atoms with Crippen LogP contribution in [0.5, 0.6) is 0 Å². The SMILES string of the molecule is CC(=O)C1=CCCC2CCC1N2C(=O)OC(C)(C)C. The summed E-state index contributed by atoms with van der Waals surface area (Å²) in [6.07, 6.45) is 5.35. The summed E-state index contributed by atoms with van der Waals surface area (Å²) in [7, 11) is 0. The van der Waals surface area contributed by atoms with Crippen LogP contribution in [0.4, 0.5) is 4.79 Å². The third-order valence-corrected chi connectivity index (χ3v) is 3.74. The Balaban J connectivity index is 2.23. The Morgan fingerprint density at radius 3 is 2.53 bits per heavy atom. The van der Waals surface area contributed by atoms with Gasteiger partial charge in [-0.1, -0.05) is 6.08 Å². The second kappa shape index (κ2) is 4.99. The zero-order chi connectivity index (χ0) is 14.2. The molecule has 2 aliphatic rings. The molecule has 0 N–H and O–H groups in total. The minimum Gasteiger partial charge on any atom is -0.444 e. The van der Waals surface area contributed by atoms with Gasteiger partial charge in [0.1, 0.15) is 5.60 Å². The van der Waals surface area contributed by atoms with Crippen molar-refractivity contribution in [2.75, 3.05) is 0 Å². The summed E-state index contributed by atoms with van der Waals surface area (Å²) in [6, 6.07) is 0.132. The number of carbonyl (C=O) groups excluding carboxylic acids is 2. The number of ether oxygens (including phenoxy) is 1. The van der Waals surface area contributed by atoms with Gasteiger partial charge in [0.15, 0.2) is 5.78 Å². The lowest BCUT2D eigenvalue weighted by Crippen LogP contribution is -2.44. The highest BCUT2D eigenvalue weighted by atomic mass is 16.6. The molecule has 106 valence electrons. The van der Waals surface area contributed by atoms with E-state index in [2.05, 4.69) is 0 Å². The zero-order valence-electron chi connectivity index (χ0n) is 12.2. The van der Waals surface area contributed by atoms with E-state index in [9.17, 15) is 9.59 Å². The summed E-state index contributed by atoms with van der Waals surface area (Å²) in [5.41, 5.74) is 0.286. The van der Waals surface area contributed by atoms with Crippen LogP contribution < -0.4 is 0 Å². The number of hydrogen-bond donors (Lipinski definition) is 0. The monoisotopic (exact) mass is 265 g/mol. The molecule has 2 heterocycles. The molecule has 0 aromatic carbocycles. The molecule has 0 saturated carbocycles. The molecule has 2 aliphatic heterocycles. The van der Waals surface area contributed by atoms with Gasteiger partial charge in [0.25, 0.3) is 0 Å². The topological polar surface area (TPSA) is 46.6 Å². The van der Waals surface area contributed by atoms with Crippen molar-refractivity contribution in [3.8, 4) is 0 Å². The highest BCUT2D eigenvalue weighted by Gasteiger charge is 2.42. The van der Waals surface area contributed by atoms with E-state index in [1.54, 1.807) is 11.8 Å². The molecule has 1 amide bonds. The van der Waals surface area contributed by atoms with Gasteiger partial charge < -0.3 is 4.74 Å². The third kappa shape index (κ3) is 2.99. The molecular formula is C15H23NO3. The lowest BCUT2D eigenvalue weighted by molar-refractivity contribution is -0.114. The number of allylic oxidation sites excluding steroid dienone is 1. The summed E-state index contributed by atoms with van der Waals surface area (Å²) in [4.78, 5) is 25.9. The van der Waals surface area contributed by atoms with E-state index in [0.29, 0.717) is 0 Å². The second-order valence-corrected chi connectivity index (χ2v) is 6.43. The van der Waals surface area contributed by atoms with Crippen LogP contribution in [0.3, 0.4) is 0 Å². The second-order valence-electron chi connectivity index (χ2n) is 6.43. The van der Waals surface area contributed by atoms with Crippen molar-refractivity contribution in [3.05, 3.63) is 11.6 Å². The maximum atomic E-state index is 12.4. The zero-order valence-corrected chi connectivity index (χ0v) is 12.2. The van der Waals surface area contributed by atoms with Gasteiger partial charge in [-0.05, 0) is 53.4 Å². The number of fused-ring (bicyclic) bond motifs is 2. The molecule has 0 aliphatic carbocycles. The Bertz CT molecular complexity index is 420. The van der Waals surface area contributed by atoms with E-state index in [0.717, 1.165) is 31.3 Å². The molecule has 4 nitrogen and oxygen atoms in total. The van der Waals surface area contributed by atoms with Gasteiger partial charge in [0.2, 0.25) is 0 Å². The molecule has 2 bridgehead atoms. The number of ketones is 1. The number of rotatable bonds is 1. The maximum absolute atomic E-state index is 12.4. The van der Waals surface area contributed by atoms with E-state index >= 15 is 0 Å². The van der Waals surface area contributed by atoms with E-state index in [4.69, 9.17) is 4.74 Å². The normalized spacial score (nSPS) is 26.7. The van der Waals surface area contributed by atoms with Crippen LogP contribution in [0.2, 0.25) is 0 Å². The van der Waals surface area contributed by atoms with Crippen molar-refractivity contribution in [3.63, 3.8) is 0 Å². The number of amides is 1. The van der Waals surface area contributed by atoms with Crippen molar-refractivity contribution >= 4 is 11.9 Å². The summed E-state index contributed by atoms with van der Waals surface area (Å²) < 4.78 is 5.49. The van der Waals surface area contributed by atoms with Crippen LogP contribution in [0.15, 0.2) is 11.6 Å². The quantitative estimate of drug-likeness (QED) is 0.732. The lowest BCUT2D eigenvalue weighted by atomic mass is 9.97. The predicted molar refractivity (Wildman–Crippen MR) is 72.9 cm³/mol. The molecule has 0 aromatic heterocycles. The Morgan fingerprint density at radius 2 is 1.95 bits per heavy atom. The Hall–Kier alpha value is -1.32. The Kier molecular flexibility index (Phi) is 3.70. The number of nitrogens with zero attached hydrogens (tertiary/aromatic N) is 1. The highest BCUT2D eigenvalue weighted by molar-refractivity contribution is 5.95. The molecule has 0 spiro atoms. The first-order chi connectivity index (χ1) is 8.79. The standard InChI is InChI=1S/C15H23NO3/c1-10(17)12-7-5-6-11-8-9-13(12)16(11)14(18)19-15(2,3)4/h7,11,13H,5-6,8-9H2,1-4H3. The van der Waals surface area contributed by atoms with Crippen LogP contribution in [0, 0.1) is 0 Å². The molecule has 0 aromatic rings. The minimum absolute atomic E-state index is 0.0705. The van der Waals surface area contributed by atoms with Crippen LogP contribution >= 0.6 is 0 Å². The number of hydrogen-bond acceptors (Lipinski definition) is 3. The summed E-state index contributed by atoms with van der Waals surface area (Å²) in [5.74, 6) is 0.0705. The van der Waals surface area contributed by atoms with Gasteiger partial charge in [-0.15, -0.1) is 0 Å². The molecule has 2 unspecified atom stereocenters. The molecule has 0 radical (unpaired) electrons. The molecular weight excluding hydrogens is 242 g/mol. The van der Waals surface area contributed by atoms with Crippen LogP contribution in [-0.4, -0.2) is 34.5 Å². The fourth-order valence-corrected chi connectivity index (χ4v) is 3.01. The molecule has 2 atom stereocenters. The van der Waals surface area contributed by atoms with Gasteiger partial charge in [0, 0.05) is 11.6 Å². The van der Waals surface area contributed by atoms with Crippen molar-refractivity contribution in [1.82, 2.24) is 4.90 Å². The molecule has 1 saturated heterocycles. The number of Topliss-reactive ketones (excluding diaryl/α,β-unsaturated/α-hetero) is 1. The van der Waals surface area contributed by atoms with E-state index in [1.807, 2.05) is 26.8 Å². The maximum Gasteiger partial charge on any atom is 0.411 e. The van der Waals surface area contributed by atoms with E-state index in [-0.39, 0.29) is 24.0 Å². The van der Waals surface area contributed by atoms with Crippen LogP contribution in [0.25, 0.3) is 0 Å². The molecule has 4 heteroatoms. The van der Waals surface area contributed by atoms with Gasteiger partial charge >= 0.3 is 6.09 Å². The molecule has 2 rings (SSSR count). The van der Waals surface area contributed by atoms with Crippen LogP contribution in [-0.2, 0) is 9.53 Å². The predicted octanol–water partition coefficient (Wildman–Crippen LogP) is 3.06. The Labute approximate surface area is 114 Å². The van der Waals surface area contributed by atoms with E-state index in [1.165, 1.54) is 0 Å².